The number of alkyl carbamates (subject to hydrolysis) is 1. The molecule has 0 aliphatic rings. The summed E-state index contributed by atoms with van der Waals surface area (Å²) in [5.41, 5.74) is -9.07. The van der Waals surface area contributed by atoms with Crippen molar-refractivity contribution >= 4 is 99.4 Å². The number of ether oxygens (including phenoxy) is 2. The molecule has 0 radical (unpaired) electrons. The number of hydrogen-bond acceptors (Lipinski definition) is 17. The van der Waals surface area contributed by atoms with E-state index in [1.54, 1.807) is 51.1 Å². The van der Waals surface area contributed by atoms with Gasteiger partial charge in [0, 0.05) is 32.6 Å². The Kier molecular flexibility index (Phi) is 28.3. The average molecular weight is 1390 g/mol. The van der Waals surface area contributed by atoms with E-state index in [0.717, 1.165) is 23.6 Å². The summed E-state index contributed by atoms with van der Waals surface area (Å²) >= 11 is 0. The predicted octanol–water partition coefficient (Wildman–Crippen LogP) is 1.13. The number of amides is 13. The van der Waals surface area contributed by atoms with Gasteiger partial charge in [0.1, 0.15) is 81.1 Å². The summed E-state index contributed by atoms with van der Waals surface area (Å²) in [5, 5.41) is 35.2. The largest absolute Gasteiger partial charge is 0.467 e. The number of esters is 1. The molecule has 13 amide bonds. The molecule has 0 aliphatic carbocycles. The van der Waals surface area contributed by atoms with Crippen LogP contribution in [0.15, 0.2) is 66.7 Å². The van der Waals surface area contributed by atoms with Gasteiger partial charge >= 0.3 is 12.1 Å². The maximum atomic E-state index is 14.4. The highest BCUT2D eigenvalue weighted by Crippen LogP contribution is 2.20. The van der Waals surface area contributed by atoms with Gasteiger partial charge in [-0.3, -0.25) is 57.5 Å². The summed E-state index contributed by atoms with van der Waals surface area (Å²) < 4.78 is 9.85. The van der Waals surface area contributed by atoms with E-state index in [0.29, 0.717) is 11.1 Å². The fraction of sp³-hybridized carbons (Fsp3) is 0.565. The summed E-state index contributed by atoms with van der Waals surface area (Å²) in [6.45, 7) is 28.2. The molecule has 0 bridgehead atoms. The third-order valence-corrected chi connectivity index (χ3v) is 15.7. The molecule has 0 saturated carbocycles. The minimum atomic E-state index is -1.80. The molecule has 7 atom stereocenters. The summed E-state index contributed by atoms with van der Waals surface area (Å²) in [5.74, 6) is -10.5. The Morgan fingerprint density at radius 3 is 0.990 bits per heavy atom. The molecule has 3 rings (SSSR count). The summed E-state index contributed by atoms with van der Waals surface area (Å²) in [7, 11) is 4.83. The summed E-state index contributed by atoms with van der Waals surface area (Å²) in [6, 6.07) is 11.1. The highest BCUT2D eigenvalue weighted by Gasteiger charge is 2.42. The van der Waals surface area contributed by atoms with Gasteiger partial charge in [0.15, 0.2) is 0 Å². The molecule has 546 valence electrons. The third kappa shape index (κ3) is 25.2. The SMILES string of the molecule is COC(=O)[C@H](C)NC(=O)C(C)(C)NC(=O)[C@H](C)NC(=O)C(C)(C)NC(=O)[C@H](Cc1ccc2ccccc2c1)NC(=O)C(C)(C)NC(=O)[C@H](C)NC(=O)C(C)(C)NC(=O)[C@H](Cc1ccc(N(C)C)cc1)NC(=O)C(C)(C)NC(=O)[C@H](C)NC(=O)C(C)(C)NC(=O)[C@H](C)NC(=O)OC(C)(C)C. The van der Waals surface area contributed by atoms with Crippen LogP contribution in [0.4, 0.5) is 10.5 Å². The number of carbonyl (C=O) groups is 14. The van der Waals surface area contributed by atoms with Crippen molar-refractivity contribution in [2.45, 2.75) is 232 Å². The predicted molar refractivity (Wildman–Crippen MR) is 371 cm³/mol. The monoisotopic (exact) mass is 1380 g/mol. The van der Waals surface area contributed by atoms with Crippen LogP contribution in [0.2, 0.25) is 0 Å². The highest BCUT2D eigenvalue weighted by molar-refractivity contribution is 6.02. The van der Waals surface area contributed by atoms with Gasteiger partial charge in [-0.15, -0.1) is 0 Å². The molecule has 3 aromatic carbocycles. The molecular weight excluding hydrogens is 1280 g/mol. The lowest BCUT2D eigenvalue weighted by Crippen LogP contribution is -2.66. The molecular formula is C69H104N14O16. The first-order valence-corrected chi connectivity index (χ1v) is 32.3. The molecule has 3 aromatic rings. The van der Waals surface area contributed by atoms with Gasteiger partial charge in [0.25, 0.3) is 0 Å². The van der Waals surface area contributed by atoms with Crippen molar-refractivity contribution in [2.24, 2.45) is 0 Å². The molecule has 0 fully saturated rings. The van der Waals surface area contributed by atoms with Crippen LogP contribution in [0.5, 0.6) is 0 Å². The van der Waals surface area contributed by atoms with Crippen molar-refractivity contribution in [1.82, 2.24) is 69.1 Å². The fourth-order valence-corrected chi connectivity index (χ4v) is 9.15. The third-order valence-electron chi connectivity index (χ3n) is 15.7. The van der Waals surface area contributed by atoms with Crippen LogP contribution in [0.25, 0.3) is 10.8 Å². The zero-order chi connectivity index (χ0) is 75.9. The summed E-state index contributed by atoms with van der Waals surface area (Å²) in [4.78, 5) is 192. The topological polar surface area (TPSA) is 417 Å². The minimum absolute atomic E-state index is 0.117. The van der Waals surface area contributed by atoms with Crippen LogP contribution >= 0.6 is 0 Å². The molecule has 0 spiro atoms. The van der Waals surface area contributed by atoms with Crippen molar-refractivity contribution in [3.8, 4) is 0 Å². The first-order valence-electron chi connectivity index (χ1n) is 32.3. The molecule has 0 aromatic heterocycles. The Balaban J connectivity index is 1.79. The Hall–Kier alpha value is -9.90. The smallest absolute Gasteiger partial charge is 0.408 e. The molecule has 0 saturated heterocycles. The zero-order valence-corrected chi connectivity index (χ0v) is 61.3. The maximum absolute atomic E-state index is 14.4. The van der Waals surface area contributed by atoms with E-state index in [1.165, 1.54) is 118 Å². The van der Waals surface area contributed by atoms with Crippen molar-refractivity contribution in [3.05, 3.63) is 77.9 Å². The first-order chi connectivity index (χ1) is 45.2. The van der Waals surface area contributed by atoms with E-state index in [2.05, 4.69) is 73.9 Å². The van der Waals surface area contributed by atoms with Crippen molar-refractivity contribution < 1.29 is 76.6 Å². The van der Waals surface area contributed by atoms with Gasteiger partial charge in [-0.25, -0.2) is 9.59 Å². The van der Waals surface area contributed by atoms with E-state index >= 15 is 0 Å². The Morgan fingerprint density at radius 1 is 0.364 bits per heavy atom. The number of benzene rings is 3. The number of nitrogens with one attached hydrogen (secondary N) is 13. The molecule has 30 nitrogen and oxygen atoms in total. The number of rotatable bonds is 31. The number of nitrogens with zero attached hydrogens (tertiary/aromatic N) is 1. The van der Waals surface area contributed by atoms with E-state index in [4.69, 9.17) is 4.74 Å². The number of anilines is 1. The second-order valence-corrected chi connectivity index (χ2v) is 29.1. The van der Waals surface area contributed by atoms with Crippen LogP contribution in [0.1, 0.15) is 150 Å². The van der Waals surface area contributed by atoms with Crippen molar-refractivity contribution in [1.29, 1.82) is 0 Å². The number of carbonyl (C=O) groups excluding carboxylic acids is 14. The lowest BCUT2D eigenvalue weighted by atomic mass is 9.97. The standard InChI is InChI=1S/C69H104N14O16/c1-37(49(84)77-65(11,12)59(94)73-41(5)55(90)98-23)71-58(93)67(15,16)82-54(89)48(36-43-28-31-44-26-24-25-27-45(44)34-43)76-61(96)69(19,20)79-51(86)39(3)72-57(92)66(13,14)81-53(88)47(35-42-29-32-46(33-30-42)83(21)22)75-60(95)68(17,18)78-50(85)38(2)70-56(91)64(9,10)80-52(87)40(4)74-62(97)99-63(6,7)8/h24-34,37-41,47-48H,35-36H2,1-23H3,(H,70,91)(H,71,93)(H,72,92)(H,73,94)(H,74,97)(H,75,95)(H,76,96)(H,77,84)(H,78,85)(H,79,86)(H,80,87)(H,81,88)(H,82,89)/t37-,38-,39-,40-,41-,47-,48-/m0/s1. The van der Waals surface area contributed by atoms with Gasteiger partial charge < -0.3 is 83.5 Å². The van der Waals surface area contributed by atoms with Crippen LogP contribution < -0.4 is 74.0 Å². The van der Waals surface area contributed by atoms with Crippen LogP contribution in [-0.4, -0.2) is 185 Å². The number of hydrogen-bond donors (Lipinski definition) is 13. The average Bonchev–Trinajstić information content (AvgIpc) is 0.833. The quantitative estimate of drug-likeness (QED) is 0.0402. The minimum Gasteiger partial charge on any atom is -0.467 e. The molecule has 13 N–H and O–H groups in total. The Labute approximate surface area is 579 Å². The van der Waals surface area contributed by atoms with Gasteiger partial charge in [0.2, 0.25) is 70.9 Å². The molecule has 0 unspecified atom stereocenters. The van der Waals surface area contributed by atoms with Crippen LogP contribution in [0, 0.1) is 0 Å². The molecule has 99 heavy (non-hydrogen) atoms. The van der Waals surface area contributed by atoms with Gasteiger partial charge in [0.05, 0.1) is 7.11 Å². The van der Waals surface area contributed by atoms with Crippen molar-refractivity contribution in [3.63, 3.8) is 0 Å². The van der Waals surface area contributed by atoms with E-state index in [9.17, 15) is 67.1 Å². The van der Waals surface area contributed by atoms with Crippen LogP contribution in [-0.2, 0) is 84.6 Å². The van der Waals surface area contributed by atoms with Gasteiger partial charge in [-0.1, -0.05) is 54.6 Å². The lowest BCUT2D eigenvalue weighted by molar-refractivity contribution is -0.145. The van der Waals surface area contributed by atoms with E-state index < -0.39 is 164 Å². The first kappa shape index (κ1) is 83.3. The second-order valence-electron chi connectivity index (χ2n) is 29.1. The fourth-order valence-electron chi connectivity index (χ4n) is 9.15. The van der Waals surface area contributed by atoms with Gasteiger partial charge in [-0.2, -0.15) is 0 Å². The van der Waals surface area contributed by atoms with E-state index in [-0.39, 0.29) is 12.8 Å². The van der Waals surface area contributed by atoms with E-state index in [1.807, 2.05) is 55.4 Å². The normalized spacial score (nSPS) is 14.2. The highest BCUT2D eigenvalue weighted by atomic mass is 16.6. The van der Waals surface area contributed by atoms with Crippen molar-refractivity contribution in [2.75, 3.05) is 26.1 Å². The molecule has 30 heteroatoms. The second kappa shape index (κ2) is 33.6. The zero-order valence-electron chi connectivity index (χ0n) is 61.3. The molecule has 0 aliphatic heterocycles. The maximum Gasteiger partial charge on any atom is 0.408 e. The lowest BCUT2D eigenvalue weighted by Gasteiger charge is -2.33. The Morgan fingerprint density at radius 2 is 0.657 bits per heavy atom. The Bertz CT molecular complexity index is 3520. The molecule has 0 heterocycles. The summed E-state index contributed by atoms with van der Waals surface area (Å²) in [6.07, 6.45) is -1.09. The number of fused-ring (bicyclic) bond motifs is 1. The van der Waals surface area contributed by atoms with Gasteiger partial charge in [-0.05, 0) is 173 Å². The number of methoxy groups -OCH3 is 1. The van der Waals surface area contributed by atoms with Crippen LogP contribution in [0.3, 0.4) is 0 Å².